The molecule has 5 nitrogen and oxygen atoms in total. The summed E-state index contributed by atoms with van der Waals surface area (Å²) in [5.41, 5.74) is 1.83. The molecule has 0 N–H and O–H groups in total. The highest BCUT2D eigenvalue weighted by atomic mass is 35.7. The Kier molecular flexibility index (Phi) is 4.35. The number of benzene rings is 1. The lowest BCUT2D eigenvalue weighted by molar-refractivity contribution is 0.313. The van der Waals surface area contributed by atoms with E-state index >= 15 is 0 Å². The van der Waals surface area contributed by atoms with Crippen LogP contribution in [-0.2, 0) is 22.5 Å². The topological polar surface area (TPSA) is 61.2 Å². The second-order valence-corrected chi connectivity index (χ2v) is 7.04. The standard InChI is InChI=1S/C13H15ClN2O3S/c1-10-3-4-12(13(7-10)20(14,17)18)19-6-5-11-8-15-16(2)9-11/h3-4,7-9H,5-6H2,1-2H3. The molecule has 20 heavy (non-hydrogen) atoms. The molecule has 108 valence electrons. The van der Waals surface area contributed by atoms with Crippen LogP contribution >= 0.6 is 10.7 Å². The van der Waals surface area contributed by atoms with Gasteiger partial charge in [-0.05, 0) is 30.2 Å². The maximum absolute atomic E-state index is 11.5. The van der Waals surface area contributed by atoms with E-state index < -0.39 is 9.05 Å². The maximum atomic E-state index is 11.5. The fourth-order valence-electron chi connectivity index (χ4n) is 1.80. The fraction of sp³-hybridized carbons (Fsp3) is 0.308. The molecule has 0 bridgehead atoms. The minimum absolute atomic E-state index is 0.00496. The molecule has 0 aliphatic carbocycles. The second kappa shape index (κ2) is 5.85. The molecular formula is C13H15ClN2O3S. The van der Waals surface area contributed by atoms with Crippen LogP contribution in [0.4, 0.5) is 0 Å². The Morgan fingerprint density at radius 1 is 1.40 bits per heavy atom. The van der Waals surface area contributed by atoms with Gasteiger partial charge in [0, 0.05) is 30.3 Å². The van der Waals surface area contributed by atoms with Gasteiger partial charge >= 0.3 is 0 Å². The van der Waals surface area contributed by atoms with E-state index in [4.69, 9.17) is 15.4 Å². The van der Waals surface area contributed by atoms with Gasteiger partial charge in [0.1, 0.15) is 10.6 Å². The number of hydrogen-bond donors (Lipinski definition) is 0. The molecule has 1 heterocycles. The monoisotopic (exact) mass is 314 g/mol. The molecule has 7 heteroatoms. The van der Waals surface area contributed by atoms with E-state index in [0.29, 0.717) is 13.0 Å². The summed E-state index contributed by atoms with van der Waals surface area (Å²) in [5, 5.41) is 4.05. The lowest BCUT2D eigenvalue weighted by atomic mass is 10.2. The van der Waals surface area contributed by atoms with E-state index in [9.17, 15) is 8.42 Å². The molecule has 0 amide bonds. The van der Waals surface area contributed by atoms with E-state index in [2.05, 4.69) is 5.10 Å². The fourth-order valence-corrected chi connectivity index (χ4v) is 2.86. The summed E-state index contributed by atoms with van der Waals surface area (Å²) in [4.78, 5) is 0.00496. The van der Waals surface area contributed by atoms with Crippen molar-refractivity contribution in [2.24, 2.45) is 7.05 Å². The minimum Gasteiger partial charge on any atom is -0.492 e. The van der Waals surface area contributed by atoms with Crippen molar-refractivity contribution in [2.75, 3.05) is 6.61 Å². The van der Waals surface area contributed by atoms with Crippen molar-refractivity contribution in [1.82, 2.24) is 9.78 Å². The Morgan fingerprint density at radius 2 is 2.15 bits per heavy atom. The van der Waals surface area contributed by atoms with Gasteiger partial charge in [0.15, 0.2) is 0 Å². The van der Waals surface area contributed by atoms with Crippen LogP contribution in [0, 0.1) is 6.92 Å². The number of hydrogen-bond acceptors (Lipinski definition) is 4. The van der Waals surface area contributed by atoms with Crippen molar-refractivity contribution in [1.29, 1.82) is 0 Å². The van der Waals surface area contributed by atoms with E-state index in [1.807, 2.05) is 13.2 Å². The quantitative estimate of drug-likeness (QED) is 0.794. The molecule has 0 saturated heterocycles. The van der Waals surface area contributed by atoms with Gasteiger partial charge in [0.2, 0.25) is 0 Å². The summed E-state index contributed by atoms with van der Waals surface area (Å²) >= 11 is 0. The average molecular weight is 315 g/mol. The molecule has 1 aromatic heterocycles. The molecular weight excluding hydrogens is 300 g/mol. The lowest BCUT2D eigenvalue weighted by Crippen LogP contribution is -2.04. The summed E-state index contributed by atoms with van der Waals surface area (Å²) in [6, 6.07) is 4.90. The van der Waals surface area contributed by atoms with Gasteiger partial charge in [-0.1, -0.05) is 6.07 Å². The van der Waals surface area contributed by atoms with Crippen molar-refractivity contribution in [3.8, 4) is 5.75 Å². The van der Waals surface area contributed by atoms with Crippen LogP contribution in [0.5, 0.6) is 5.75 Å². The summed E-state index contributed by atoms with van der Waals surface area (Å²) in [6.07, 6.45) is 4.28. The van der Waals surface area contributed by atoms with Gasteiger partial charge in [-0.3, -0.25) is 4.68 Å². The molecule has 0 atom stereocenters. The van der Waals surface area contributed by atoms with E-state index in [0.717, 1.165) is 11.1 Å². The summed E-state index contributed by atoms with van der Waals surface area (Å²) in [7, 11) is 3.43. The van der Waals surface area contributed by atoms with Gasteiger partial charge in [-0.2, -0.15) is 5.10 Å². The summed E-state index contributed by atoms with van der Waals surface area (Å²) in [6.45, 7) is 2.15. The highest BCUT2D eigenvalue weighted by molar-refractivity contribution is 8.13. The van der Waals surface area contributed by atoms with Gasteiger partial charge in [0.05, 0.1) is 12.8 Å². The zero-order valence-electron chi connectivity index (χ0n) is 11.2. The Bertz CT molecular complexity index is 710. The number of aromatic nitrogens is 2. The summed E-state index contributed by atoms with van der Waals surface area (Å²) < 4.78 is 30.3. The molecule has 0 spiro atoms. The SMILES string of the molecule is Cc1ccc(OCCc2cnn(C)c2)c(S(=O)(=O)Cl)c1. The van der Waals surface area contributed by atoms with Crippen LogP contribution in [0.3, 0.4) is 0 Å². The molecule has 2 aromatic rings. The first-order chi connectivity index (χ1) is 9.36. The summed E-state index contributed by atoms with van der Waals surface area (Å²) in [5.74, 6) is 0.273. The largest absolute Gasteiger partial charge is 0.492 e. The van der Waals surface area contributed by atoms with Crippen LogP contribution in [0.1, 0.15) is 11.1 Å². The van der Waals surface area contributed by atoms with Crippen LogP contribution in [0.15, 0.2) is 35.5 Å². The number of halogens is 1. The van der Waals surface area contributed by atoms with Crippen molar-refractivity contribution >= 4 is 19.7 Å². The molecule has 0 aliphatic rings. The molecule has 0 fully saturated rings. The van der Waals surface area contributed by atoms with Crippen molar-refractivity contribution in [3.63, 3.8) is 0 Å². The van der Waals surface area contributed by atoms with Crippen LogP contribution < -0.4 is 4.74 Å². The van der Waals surface area contributed by atoms with Crippen LogP contribution in [0.2, 0.25) is 0 Å². The van der Waals surface area contributed by atoms with Crippen molar-refractivity contribution in [3.05, 3.63) is 41.7 Å². The maximum Gasteiger partial charge on any atom is 0.264 e. The third-order valence-corrected chi connectivity index (χ3v) is 4.11. The second-order valence-electron chi connectivity index (χ2n) is 4.51. The highest BCUT2D eigenvalue weighted by Crippen LogP contribution is 2.28. The number of rotatable bonds is 5. The Balaban J connectivity index is 2.10. The Labute approximate surface area is 122 Å². The van der Waals surface area contributed by atoms with Gasteiger partial charge < -0.3 is 4.74 Å². The molecule has 0 saturated carbocycles. The third kappa shape index (κ3) is 3.74. The predicted octanol–water partition coefficient (Wildman–Crippen LogP) is 2.28. The number of ether oxygens (including phenoxy) is 1. The molecule has 0 aliphatic heterocycles. The van der Waals surface area contributed by atoms with Crippen LogP contribution in [-0.4, -0.2) is 24.8 Å². The minimum atomic E-state index is -3.82. The Hall–Kier alpha value is -1.53. The van der Waals surface area contributed by atoms with E-state index in [1.165, 1.54) is 6.07 Å². The van der Waals surface area contributed by atoms with Crippen molar-refractivity contribution in [2.45, 2.75) is 18.2 Å². The first-order valence-corrected chi connectivity index (χ1v) is 8.33. The predicted molar refractivity (Wildman–Crippen MR) is 76.6 cm³/mol. The number of aryl methyl sites for hydroxylation is 2. The average Bonchev–Trinajstić information content (AvgIpc) is 2.76. The zero-order valence-corrected chi connectivity index (χ0v) is 12.8. The van der Waals surface area contributed by atoms with Crippen molar-refractivity contribution < 1.29 is 13.2 Å². The zero-order chi connectivity index (χ0) is 14.8. The molecule has 1 aromatic carbocycles. The van der Waals surface area contributed by atoms with Crippen LogP contribution in [0.25, 0.3) is 0 Å². The Morgan fingerprint density at radius 3 is 2.75 bits per heavy atom. The van der Waals surface area contributed by atoms with Gasteiger partial charge in [-0.15, -0.1) is 0 Å². The lowest BCUT2D eigenvalue weighted by Gasteiger charge is -2.09. The molecule has 0 radical (unpaired) electrons. The van der Waals surface area contributed by atoms with E-state index in [-0.39, 0.29) is 10.6 Å². The molecule has 0 unspecified atom stereocenters. The van der Waals surface area contributed by atoms with Gasteiger partial charge in [-0.25, -0.2) is 8.42 Å². The normalized spacial score (nSPS) is 11.6. The van der Waals surface area contributed by atoms with E-state index in [1.54, 1.807) is 29.9 Å². The smallest absolute Gasteiger partial charge is 0.264 e. The molecule has 2 rings (SSSR count). The highest BCUT2D eigenvalue weighted by Gasteiger charge is 2.17. The third-order valence-electron chi connectivity index (χ3n) is 2.77. The first-order valence-electron chi connectivity index (χ1n) is 6.02. The first kappa shape index (κ1) is 14.9. The van der Waals surface area contributed by atoms with Gasteiger partial charge in [0.25, 0.3) is 9.05 Å². The number of nitrogens with zero attached hydrogens (tertiary/aromatic N) is 2.